The van der Waals surface area contributed by atoms with E-state index in [4.69, 9.17) is 0 Å². The number of rotatable bonds is 0. The lowest BCUT2D eigenvalue weighted by Crippen LogP contribution is -1.38. The summed E-state index contributed by atoms with van der Waals surface area (Å²) in [6.45, 7) is 0. The Labute approximate surface area is 61.8 Å². The fourth-order valence-corrected chi connectivity index (χ4v) is 0.278. The van der Waals surface area contributed by atoms with E-state index in [0.29, 0.717) is 0 Å². The summed E-state index contributed by atoms with van der Waals surface area (Å²) in [6.07, 6.45) is 3.75. The number of aromatic amines is 1. The highest BCUT2D eigenvalue weighted by Gasteiger charge is 2.13. The molecule has 33 valence electrons. The van der Waals surface area contributed by atoms with Crippen LogP contribution < -0.4 is 0 Å². The third-order valence-electron chi connectivity index (χ3n) is 0.496. The molecule has 0 spiro atoms. The fraction of sp³-hybridized carbons (Fsp3) is 0. The highest BCUT2D eigenvalue weighted by Crippen LogP contribution is 1.72. The molecule has 0 bridgehead atoms. The van der Waals surface area contributed by atoms with Gasteiger partial charge in [0.1, 0.15) is 0 Å². The van der Waals surface area contributed by atoms with Gasteiger partial charge in [-0.25, -0.2) is 0 Å². The molecule has 0 amide bonds. The molecule has 0 saturated heterocycles. The van der Waals surface area contributed by atoms with Crippen molar-refractivity contribution in [1.82, 2.24) is 4.98 Å². The van der Waals surface area contributed by atoms with Crippen LogP contribution in [0.2, 0.25) is 0 Å². The Bertz CT molecular complexity index is 68.2. The van der Waals surface area contributed by atoms with Gasteiger partial charge in [-0.15, -0.1) is 0 Å². The lowest BCUT2D eigenvalue weighted by atomic mass is 10.7. The Balaban J connectivity index is 0.000000162. The van der Waals surface area contributed by atoms with Crippen molar-refractivity contribution in [1.29, 1.82) is 0 Å². The highest BCUT2D eigenvalue weighted by atomic mass is 79.9. The van der Waals surface area contributed by atoms with E-state index in [1.807, 2.05) is 24.5 Å². The summed E-state index contributed by atoms with van der Waals surface area (Å²) in [4.78, 5) is 2.86. The summed E-state index contributed by atoms with van der Waals surface area (Å²) in [5.74, 6) is 0. The molecule has 7 heavy (non-hydrogen) atoms. The molecule has 0 atom stereocenters. The predicted octanol–water partition coefficient (Wildman–Crippen LogP) is 1.48. The van der Waals surface area contributed by atoms with Gasteiger partial charge in [-0.1, -0.05) is 0 Å². The van der Waals surface area contributed by atoms with E-state index < -0.39 is 0 Å². The quantitative estimate of drug-likeness (QED) is 0.569. The van der Waals surface area contributed by atoms with E-state index in [9.17, 15) is 0 Å². The van der Waals surface area contributed by atoms with Gasteiger partial charge in [0, 0.05) is 12.4 Å². The molecule has 0 aliphatic carbocycles. The predicted molar refractivity (Wildman–Crippen MR) is 35.5 cm³/mol. The molecule has 0 saturated carbocycles. The standard InChI is InChI=1S/C4H5N.BrH.Mg/c1-2-4-5-3-1;;/h1-5H;1H;/q;;+3/p-1. The summed E-state index contributed by atoms with van der Waals surface area (Å²) in [5.41, 5.74) is 0. The van der Waals surface area contributed by atoms with Gasteiger partial charge in [-0.05, 0) is 12.1 Å². The number of halogens is 1. The van der Waals surface area contributed by atoms with Crippen molar-refractivity contribution in [2.75, 3.05) is 0 Å². The third kappa shape index (κ3) is 4.38. The van der Waals surface area contributed by atoms with Gasteiger partial charge in [0.05, 0.1) is 0 Å². The van der Waals surface area contributed by atoms with E-state index in [1.165, 1.54) is 0 Å². The molecule has 7 radical (unpaired) electrons. The van der Waals surface area contributed by atoms with Crippen LogP contribution in [-0.4, -0.2) is 24.5 Å². The average Bonchev–Trinajstić information content (AvgIpc) is 2.23. The van der Waals surface area contributed by atoms with Crippen LogP contribution in [0.5, 0.6) is 0 Å². The van der Waals surface area contributed by atoms with Crippen molar-refractivity contribution < 1.29 is 0 Å². The number of H-pyrrole nitrogens is 1. The maximum Gasteiger partial charge on any atom is 1.52 e. The van der Waals surface area contributed by atoms with Crippen molar-refractivity contribution in [2.45, 2.75) is 0 Å². The molecular formula is C4H5BrMgN+2. The zero-order valence-corrected chi connectivity index (χ0v) is 6.89. The molecule has 1 heterocycles. The first-order valence-corrected chi connectivity index (χ1v) is 5.74. The van der Waals surface area contributed by atoms with Gasteiger partial charge in [0.2, 0.25) is 0 Å². The van der Waals surface area contributed by atoms with Gasteiger partial charge < -0.3 is 4.98 Å². The lowest BCUT2D eigenvalue weighted by molar-refractivity contribution is 1.42. The SMILES string of the molecule is [Mg+2][Br].c1cc[nH]c1. The molecule has 1 nitrogen and oxygen atoms in total. The van der Waals surface area contributed by atoms with Gasteiger partial charge in [-0.3, -0.25) is 0 Å². The molecule has 0 aliphatic rings. The zero-order chi connectivity index (χ0) is 5.54. The zero-order valence-electron chi connectivity index (χ0n) is 3.89. The van der Waals surface area contributed by atoms with E-state index in [1.54, 1.807) is 19.5 Å². The summed E-state index contributed by atoms with van der Waals surface area (Å²) in [6, 6.07) is 3.89. The molecule has 1 aromatic heterocycles. The molecule has 1 aromatic rings. The van der Waals surface area contributed by atoms with Gasteiger partial charge >= 0.3 is 32.4 Å². The Morgan fingerprint density at radius 2 is 1.57 bits per heavy atom. The molecule has 3 heteroatoms. The Morgan fingerprint density at radius 1 is 1.14 bits per heavy atom. The Hall–Kier alpha value is 0.526. The van der Waals surface area contributed by atoms with Crippen molar-refractivity contribution >= 4 is 32.4 Å². The van der Waals surface area contributed by atoms with Crippen molar-refractivity contribution in [3.8, 4) is 0 Å². The molecule has 0 aliphatic heterocycles. The number of nitrogens with one attached hydrogen (secondary N) is 1. The second-order valence-corrected chi connectivity index (χ2v) is 0.885. The first kappa shape index (κ1) is 7.53. The summed E-state index contributed by atoms with van der Waals surface area (Å²) >= 11 is 4.64. The average molecular weight is 171 g/mol. The van der Waals surface area contributed by atoms with Crippen LogP contribution in [0.25, 0.3) is 0 Å². The monoisotopic (exact) mass is 170 g/mol. The van der Waals surface area contributed by atoms with Crippen molar-refractivity contribution in [3.63, 3.8) is 0 Å². The maximum atomic E-state index is 2.97. The first-order chi connectivity index (χ1) is 3.50. The van der Waals surface area contributed by atoms with Crippen LogP contribution >= 0.6 is 12.9 Å². The minimum absolute atomic E-state index is 1.67. The van der Waals surface area contributed by atoms with Crippen molar-refractivity contribution in [2.24, 2.45) is 0 Å². The van der Waals surface area contributed by atoms with Crippen LogP contribution in [0.15, 0.2) is 24.5 Å². The first-order valence-electron chi connectivity index (χ1n) is 1.84. The van der Waals surface area contributed by atoms with Gasteiger partial charge in [0.25, 0.3) is 0 Å². The van der Waals surface area contributed by atoms with E-state index >= 15 is 0 Å². The molecule has 1 rings (SSSR count). The summed E-state index contributed by atoms with van der Waals surface area (Å²) in [5, 5.41) is 0. The topological polar surface area (TPSA) is 15.8 Å². The Morgan fingerprint density at radius 3 is 1.71 bits per heavy atom. The van der Waals surface area contributed by atoms with E-state index in [-0.39, 0.29) is 0 Å². The molecular weight excluding hydrogens is 166 g/mol. The molecule has 0 aromatic carbocycles. The Kier molecular flexibility index (Phi) is 7.02. The summed E-state index contributed by atoms with van der Waals surface area (Å²) < 4.78 is 0. The number of hydrogen-bond acceptors (Lipinski definition) is 0. The lowest BCUT2D eigenvalue weighted by Gasteiger charge is -1.49. The minimum Gasteiger partial charge on any atom is -0.368 e. The van der Waals surface area contributed by atoms with Crippen LogP contribution in [0.4, 0.5) is 0 Å². The summed E-state index contributed by atoms with van der Waals surface area (Å²) in [7, 11) is 0. The number of aromatic nitrogens is 1. The molecule has 1 N–H and O–H groups in total. The number of hydrogen-bond donors (Lipinski definition) is 1. The van der Waals surface area contributed by atoms with Crippen LogP contribution in [-0.2, 0) is 0 Å². The van der Waals surface area contributed by atoms with Crippen molar-refractivity contribution in [3.05, 3.63) is 24.5 Å². The smallest absolute Gasteiger partial charge is 0.368 e. The van der Waals surface area contributed by atoms with Gasteiger partial charge in [-0.2, -0.15) is 0 Å². The third-order valence-corrected chi connectivity index (χ3v) is 0.496. The van der Waals surface area contributed by atoms with Gasteiger partial charge in [0.15, 0.2) is 0 Å². The molecule has 0 fully saturated rings. The fourth-order valence-electron chi connectivity index (χ4n) is 0.278. The second-order valence-electron chi connectivity index (χ2n) is 0.885. The molecule has 0 unspecified atom stereocenters. The largest absolute Gasteiger partial charge is 1.52 e. The van der Waals surface area contributed by atoms with Crippen LogP contribution in [0.1, 0.15) is 0 Å². The highest BCUT2D eigenvalue weighted by molar-refractivity contribution is 9.22. The van der Waals surface area contributed by atoms with E-state index in [0.717, 1.165) is 0 Å². The second kappa shape index (κ2) is 6.53. The van der Waals surface area contributed by atoms with E-state index in [2.05, 4.69) is 17.9 Å². The minimum atomic E-state index is 1.67. The van der Waals surface area contributed by atoms with Crippen LogP contribution in [0, 0.1) is 0 Å². The van der Waals surface area contributed by atoms with Crippen LogP contribution in [0.3, 0.4) is 0 Å². The normalized spacial score (nSPS) is 6.57. The maximum absolute atomic E-state index is 2.97.